The molecule has 2 aromatic carbocycles. The van der Waals surface area contributed by atoms with Crippen LogP contribution in [0.5, 0.6) is 0 Å². The van der Waals surface area contributed by atoms with E-state index >= 15 is 0 Å². The van der Waals surface area contributed by atoms with E-state index in [0.29, 0.717) is 29.0 Å². The maximum absolute atomic E-state index is 12.2. The smallest absolute Gasteiger partial charge is 0.269 e. The molecule has 0 aliphatic heterocycles. The number of carbonyl (C=O) groups is 1. The number of amides is 1. The average Bonchev–Trinajstić information content (AvgIpc) is 3.12. The van der Waals surface area contributed by atoms with Gasteiger partial charge in [0.1, 0.15) is 6.61 Å². The summed E-state index contributed by atoms with van der Waals surface area (Å²) in [6, 6.07) is 15.4. The molecule has 0 spiro atoms. The van der Waals surface area contributed by atoms with Gasteiger partial charge in [-0.25, -0.2) is 0 Å². The number of nitrogens with one attached hydrogen (secondary N) is 1. The fourth-order valence-corrected chi connectivity index (χ4v) is 3.49. The summed E-state index contributed by atoms with van der Waals surface area (Å²) in [5, 5.41) is 22.5. The number of hydrogen-bond donors (Lipinski definition) is 1. The lowest BCUT2D eigenvalue weighted by molar-refractivity contribution is -0.384. The van der Waals surface area contributed by atoms with Crippen LogP contribution in [0.25, 0.3) is 5.69 Å². The van der Waals surface area contributed by atoms with Crippen molar-refractivity contribution in [1.82, 2.24) is 14.8 Å². The standard InChI is InChI=1S/C19H19N5O4S/c1-28-13-17-21-22-19(23(17)15-5-3-2-4-6-15)29-12-11-18(25)20-14-7-9-16(10-8-14)24(26)27/h2-10H,11-13H2,1H3,(H,20,25). The van der Waals surface area contributed by atoms with Crippen molar-refractivity contribution in [2.45, 2.75) is 18.2 Å². The number of nitro groups is 1. The highest BCUT2D eigenvalue weighted by Crippen LogP contribution is 2.23. The molecule has 0 atom stereocenters. The van der Waals surface area contributed by atoms with Gasteiger partial charge in [-0.3, -0.25) is 19.5 Å². The molecule has 3 rings (SSSR count). The molecule has 0 bridgehead atoms. The molecule has 9 nitrogen and oxygen atoms in total. The number of methoxy groups -OCH3 is 1. The Labute approximate surface area is 171 Å². The Hall–Kier alpha value is -3.24. The minimum atomic E-state index is -0.483. The summed E-state index contributed by atoms with van der Waals surface area (Å²) >= 11 is 1.42. The molecule has 29 heavy (non-hydrogen) atoms. The fourth-order valence-electron chi connectivity index (χ4n) is 2.58. The Morgan fingerprint density at radius 2 is 1.90 bits per heavy atom. The van der Waals surface area contributed by atoms with E-state index in [9.17, 15) is 14.9 Å². The van der Waals surface area contributed by atoms with Crippen LogP contribution >= 0.6 is 11.8 Å². The molecule has 3 aromatic rings. The van der Waals surface area contributed by atoms with Crippen LogP contribution in [0.1, 0.15) is 12.2 Å². The van der Waals surface area contributed by atoms with Crippen molar-refractivity contribution in [1.29, 1.82) is 0 Å². The molecular formula is C19H19N5O4S. The van der Waals surface area contributed by atoms with Crippen LogP contribution in [0.3, 0.4) is 0 Å². The lowest BCUT2D eigenvalue weighted by Gasteiger charge is -2.09. The van der Waals surface area contributed by atoms with Crippen molar-refractivity contribution in [3.63, 3.8) is 0 Å². The molecule has 0 unspecified atom stereocenters. The molecule has 10 heteroatoms. The third-order valence-corrected chi connectivity index (χ3v) is 4.84. The first kappa shape index (κ1) is 20.5. The summed E-state index contributed by atoms with van der Waals surface area (Å²) in [4.78, 5) is 22.4. The number of nitro benzene ring substituents is 1. The summed E-state index contributed by atoms with van der Waals surface area (Å²) in [5.41, 5.74) is 1.41. The third kappa shape index (κ3) is 5.39. The Morgan fingerprint density at radius 3 is 2.55 bits per heavy atom. The first-order chi connectivity index (χ1) is 14.1. The predicted octanol–water partition coefficient (Wildman–Crippen LogP) is 3.44. The number of anilines is 1. The van der Waals surface area contributed by atoms with Crippen LogP contribution in [-0.2, 0) is 16.1 Å². The summed E-state index contributed by atoms with van der Waals surface area (Å²) < 4.78 is 7.10. The lowest BCUT2D eigenvalue weighted by Crippen LogP contribution is -2.12. The van der Waals surface area contributed by atoms with Crippen molar-refractivity contribution >= 4 is 29.0 Å². The van der Waals surface area contributed by atoms with Gasteiger partial charge in [-0.15, -0.1) is 10.2 Å². The second kappa shape index (κ2) is 9.80. The highest BCUT2D eigenvalue weighted by atomic mass is 32.2. The van der Waals surface area contributed by atoms with Crippen molar-refractivity contribution in [2.24, 2.45) is 0 Å². The maximum atomic E-state index is 12.2. The number of para-hydroxylation sites is 1. The van der Waals surface area contributed by atoms with E-state index in [1.807, 2.05) is 34.9 Å². The number of nitrogens with zero attached hydrogens (tertiary/aromatic N) is 4. The molecule has 0 aliphatic carbocycles. The number of non-ortho nitro benzene ring substituents is 1. The van der Waals surface area contributed by atoms with Gasteiger partial charge in [0.2, 0.25) is 5.91 Å². The van der Waals surface area contributed by atoms with Crippen molar-refractivity contribution in [2.75, 3.05) is 18.2 Å². The normalized spacial score (nSPS) is 10.7. The monoisotopic (exact) mass is 413 g/mol. The first-order valence-electron chi connectivity index (χ1n) is 8.74. The zero-order chi connectivity index (χ0) is 20.6. The van der Waals surface area contributed by atoms with E-state index in [4.69, 9.17) is 4.74 Å². The van der Waals surface area contributed by atoms with E-state index in [1.54, 1.807) is 7.11 Å². The zero-order valence-corrected chi connectivity index (χ0v) is 16.5. The molecular weight excluding hydrogens is 394 g/mol. The van der Waals surface area contributed by atoms with Gasteiger partial charge in [-0.2, -0.15) is 0 Å². The summed E-state index contributed by atoms with van der Waals surface area (Å²) in [6.07, 6.45) is 0.253. The van der Waals surface area contributed by atoms with Crippen LogP contribution in [0, 0.1) is 10.1 Å². The van der Waals surface area contributed by atoms with Crippen molar-refractivity contribution in [3.05, 3.63) is 70.5 Å². The average molecular weight is 413 g/mol. The molecule has 1 aromatic heterocycles. The molecule has 1 heterocycles. The topological polar surface area (TPSA) is 112 Å². The Bertz CT molecular complexity index is 976. The van der Waals surface area contributed by atoms with E-state index in [1.165, 1.54) is 36.0 Å². The quantitative estimate of drug-likeness (QED) is 0.325. The van der Waals surface area contributed by atoms with Crippen LogP contribution in [0.4, 0.5) is 11.4 Å². The minimum absolute atomic E-state index is 0.0225. The highest BCUT2D eigenvalue weighted by Gasteiger charge is 2.15. The number of aromatic nitrogens is 3. The van der Waals surface area contributed by atoms with Gasteiger partial charge in [-0.05, 0) is 24.3 Å². The number of thioether (sulfide) groups is 1. The molecule has 0 saturated heterocycles. The minimum Gasteiger partial charge on any atom is -0.377 e. The highest BCUT2D eigenvalue weighted by molar-refractivity contribution is 7.99. The molecule has 1 amide bonds. The second-order valence-corrected chi connectivity index (χ2v) is 7.02. The lowest BCUT2D eigenvalue weighted by atomic mass is 10.3. The third-order valence-electron chi connectivity index (χ3n) is 3.91. The molecule has 0 aliphatic rings. The number of hydrogen-bond acceptors (Lipinski definition) is 7. The number of ether oxygens (including phenoxy) is 1. The maximum Gasteiger partial charge on any atom is 0.269 e. The number of rotatable bonds is 9. The molecule has 1 N–H and O–H groups in total. The second-order valence-electron chi connectivity index (χ2n) is 5.95. The van der Waals surface area contributed by atoms with Gasteiger partial charge in [0.05, 0.1) is 4.92 Å². The van der Waals surface area contributed by atoms with Gasteiger partial charge >= 0.3 is 0 Å². The van der Waals surface area contributed by atoms with Crippen LogP contribution in [-0.4, -0.2) is 38.5 Å². The predicted molar refractivity (Wildman–Crippen MR) is 109 cm³/mol. The molecule has 0 radical (unpaired) electrons. The van der Waals surface area contributed by atoms with E-state index < -0.39 is 4.92 Å². The van der Waals surface area contributed by atoms with Gasteiger partial charge in [-0.1, -0.05) is 30.0 Å². The van der Waals surface area contributed by atoms with Crippen molar-refractivity contribution in [3.8, 4) is 5.69 Å². The fraction of sp³-hybridized carbons (Fsp3) is 0.211. The summed E-state index contributed by atoms with van der Waals surface area (Å²) in [5.74, 6) is 0.988. The van der Waals surface area contributed by atoms with Crippen LogP contribution in [0.2, 0.25) is 0 Å². The first-order valence-corrected chi connectivity index (χ1v) is 9.73. The van der Waals surface area contributed by atoms with Gasteiger partial charge in [0, 0.05) is 42.8 Å². The Balaban J connectivity index is 1.60. The number of carbonyl (C=O) groups excluding carboxylic acids is 1. The van der Waals surface area contributed by atoms with Crippen LogP contribution in [0.15, 0.2) is 59.8 Å². The van der Waals surface area contributed by atoms with Crippen LogP contribution < -0.4 is 5.32 Å². The van der Waals surface area contributed by atoms with E-state index in [0.717, 1.165) is 5.69 Å². The zero-order valence-electron chi connectivity index (χ0n) is 15.6. The van der Waals surface area contributed by atoms with Gasteiger partial charge in [0.25, 0.3) is 5.69 Å². The van der Waals surface area contributed by atoms with Gasteiger partial charge in [0.15, 0.2) is 11.0 Å². The van der Waals surface area contributed by atoms with Crippen molar-refractivity contribution < 1.29 is 14.5 Å². The SMILES string of the molecule is COCc1nnc(SCCC(=O)Nc2ccc([N+](=O)[O-])cc2)n1-c1ccccc1. The summed E-state index contributed by atoms with van der Waals surface area (Å²) in [6.45, 7) is 0.323. The molecule has 0 saturated carbocycles. The molecule has 150 valence electrons. The molecule has 0 fully saturated rings. The summed E-state index contributed by atoms with van der Waals surface area (Å²) in [7, 11) is 1.60. The largest absolute Gasteiger partial charge is 0.377 e. The Morgan fingerprint density at radius 1 is 1.17 bits per heavy atom. The van der Waals surface area contributed by atoms with E-state index in [-0.39, 0.29) is 18.0 Å². The van der Waals surface area contributed by atoms with E-state index in [2.05, 4.69) is 15.5 Å². The number of benzene rings is 2. The van der Waals surface area contributed by atoms with Gasteiger partial charge < -0.3 is 10.1 Å². The Kier molecular flexibility index (Phi) is 6.93.